The largest absolute Gasteiger partial charge is 0.390 e. The van der Waals surface area contributed by atoms with Crippen LogP contribution in [0.25, 0.3) is 0 Å². The van der Waals surface area contributed by atoms with Crippen molar-refractivity contribution in [3.63, 3.8) is 0 Å². The summed E-state index contributed by atoms with van der Waals surface area (Å²) in [5, 5.41) is 10.4. The molecule has 1 saturated heterocycles. The Kier molecular flexibility index (Phi) is 7.41. The Morgan fingerprint density at radius 3 is 2.36 bits per heavy atom. The molecule has 2 atom stereocenters. The van der Waals surface area contributed by atoms with Gasteiger partial charge in [0, 0.05) is 46.3 Å². The Labute approximate surface area is 152 Å². The molecule has 1 aliphatic rings. The summed E-state index contributed by atoms with van der Waals surface area (Å²) in [6.45, 7) is 9.09. The van der Waals surface area contributed by atoms with Crippen LogP contribution in [0.5, 0.6) is 0 Å². The highest BCUT2D eigenvalue weighted by molar-refractivity contribution is 5.83. The molecule has 1 aromatic carbocycles. The number of hydrogen-bond donors (Lipinski definition) is 1. The highest BCUT2D eigenvalue weighted by Gasteiger charge is 2.23. The van der Waals surface area contributed by atoms with Crippen LogP contribution in [0.3, 0.4) is 0 Å². The lowest BCUT2D eigenvalue weighted by molar-refractivity contribution is -0.132. The number of aryl methyl sites for hydroxylation is 1. The molecule has 1 fully saturated rings. The van der Waals surface area contributed by atoms with Gasteiger partial charge in [-0.1, -0.05) is 31.2 Å². The molecule has 140 valence electrons. The molecule has 2 rings (SSSR count). The smallest absolute Gasteiger partial charge is 0.229 e. The topological polar surface area (TPSA) is 47.0 Å². The molecule has 5 heteroatoms. The molecule has 1 N–H and O–H groups in total. The van der Waals surface area contributed by atoms with Gasteiger partial charge in [-0.2, -0.15) is 0 Å². The van der Waals surface area contributed by atoms with E-state index in [4.69, 9.17) is 0 Å². The van der Waals surface area contributed by atoms with E-state index >= 15 is 0 Å². The molecule has 5 nitrogen and oxygen atoms in total. The molecule has 2 unspecified atom stereocenters. The van der Waals surface area contributed by atoms with E-state index in [1.54, 1.807) is 11.9 Å². The molecule has 0 spiro atoms. The van der Waals surface area contributed by atoms with Gasteiger partial charge in [0.25, 0.3) is 0 Å². The van der Waals surface area contributed by atoms with Gasteiger partial charge in [0.2, 0.25) is 5.91 Å². The minimum atomic E-state index is -0.507. The number of benzene rings is 1. The van der Waals surface area contributed by atoms with Gasteiger partial charge in [0.15, 0.2) is 0 Å². The third-order valence-corrected chi connectivity index (χ3v) is 5.18. The predicted octanol–water partition coefficient (Wildman–Crippen LogP) is 1.42. The van der Waals surface area contributed by atoms with Crippen LogP contribution in [0.4, 0.5) is 0 Å². The van der Waals surface area contributed by atoms with Gasteiger partial charge in [-0.3, -0.25) is 9.69 Å². The van der Waals surface area contributed by atoms with E-state index in [-0.39, 0.29) is 11.8 Å². The monoisotopic (exact) mass is 347 g/mol. The van der Waals surface area contributed by atoms with Gasteiger partial charge in [-0.05, 0) is 31.5 Å². The van der Waals surface area contributed by atoms with E-state index in [9.17, 15) is 9.90 Å². The Bertz CT molecular complexity index is 538. The van der Waals surface area contributed by atoms with Crippen LogP contribution in [-0.4, -0.2) is 85.2 Å². The molecule has 0 aromatic heterocycles. The quantitative estimate of drug-likeness (QED) is 0.810. The molecular formula is C20H33N3O2. The number of nitrogens with zero attached hydrogens (tertiary/aromatic N) is 3. The average Bonchev–Trinajstić information content (AvgIpc) is 2.62. The van der Waals surface area contributed by atoms with Gasteiger partial charge >= 0.3 is 0 Å². The van der Waals surface area contributed by atoms with E-state index in [1.807, 2.05) is 19.1 Å². The highest BCUT2D eigenvalue weighted by atomic mass is 16.3. The number of aliphatic hydroxyl groups excluding tert-OH is 1. The summed E-state index contributed by atoms with van der Waals surface area (Å²) < 4.78 is 0. The Morgan fingerprint density at radius 1 is 1.20 bits per heavy atom. The van der Waals surface area contributed by atoms with Crippen molar-refractivity contribution in [3.8, 4) is 0 Å². The SMILES string of the molecule is CCc1ccc(C(C)C(=O)N(C)CC(O)CN2CCN(C)CC2)cc1. The first-order valence-corrected chi connectivity index (χ1v) is 9.33. The highest BCUT2D eigenvalue weighted by Crippen LogP contribution is 2.18. The first-order valence-electron chi connectivity index (χ1n) is 9.33. The summed E-state index contributed by atoms with van der Waals surface area (Å²) in [5.74, 6) is -0.131. The maximum absolute atomic E-state index is 12.7. The van der Waals surface area contributed by atoms with Gasteiger partial charge in [-0.25, -0.2) is 0 Å². The van der Waals surface area contributed by atoms with Crippen LogP contribution in [0.1, 0.15) is 30.9 Å². The molecular weight excluding hydrogens is 314 g/mol. The van der Waals surface area contributed by atoms with E-state index in [1.165, 1.54) is 5.56 Å². The molecule has 0 bridgehead atoms. The van der Waals surface area contributed by atoms with Crippen molar-refractivity contribution >= 4 is 5.91 Å². The number of piperazine rings is 1. The summed E-state index contributed by atoms with van der Waals surface area (Å²) >= 11 is 0. The summed E-state index contributed by atoms with van der Waals surface area (Å²) in [5.41, 5.74) is 2.31. The maximum atomic E-state index is 12.7. The van der Waals surface area contributed by atoms with E-state index in [2.05, 4.69) is 35.9 Å². The fourth-order valence-corrected chi connectivity index (χ4v) is 3.31. The second kappa shape index (κ2) is 9.32. The Morgan fingerprint density at radius 2 is 1.80 bits per heavy atom. The normalized spacial score (nSPS) is 18.8. The lowest BCUT2D eigenvalue weighted by atomic mass is 9.98. The molecule has 1 heterocycles. The van der Waals surface area contributed by atoms with Gasteiger partial charge < -0.3 is 14.9 Å². The number of carbonyl (C=O) groups is 1. The van der Waals surface area contributed by atoms with Crippen LogP contribution >= 0.6 is 0 Å². The summed E-state index contributed by atoms with van der Waals surface area (Å²) in [4.78, 5) is 18.9. The van der Waals surface area contributed by atoms with Gasteiger partial charge in [-0.15, -0.1) is 0 Å². The second-order valence-corrected chi connectivity index (χ2v) is 7.29. The zero-order chi connectivity index (χ0) is 18.4. The fourth-order valence-electron chi connectivity index (χ4n) is 3.31. The second-order valence-electron chi connectivity index (χ2n) is 7.29. The van der Waals surface area contributed by atoms with Crippen LogP contribution in [0, 0.1) is 0 Å². The zero-order valence-electron chi connectivity index (χ0n) is 16.1. The number of β-amino-alcohol motifs (C(OH)–C–C–N with tert-alkyl or cyclic N) is 1. The predicted molar refractivity (Wildman–Crippen MR) is 102 cm³/mol. The summed E-state index contributed by atoms with van der Waals surface area (Å²) in [6, 6.07) is 8.24. The number of carbonyl (C=O) groups excluding carboxylic acids is 1. The number of aliphatic hydroxyl groups is 1. The molecule has 1 aliphatic heterocycles. The van der Waals surface area contributed by atoms with Gasteiger partial charge in [0.05, 0.1) is 12.0 Å². The Hall–Kier alpha value is -1.43. The van der Waals surface area contributed by atoms with Crippen molar-refractivity contribution in [3.05, 3.63) is 35.4 Å². The average molecular weight is 348 g/mol. The first-order chi connectivity index (χ1) is 11.9. The molecule has 0 saturated carbocycles. The van der Waals surface area contributed by atoms with Crippen molar-refractivity contribution in [1.29, 1.82) is 0 Å². The lowest BCUT2D eigenvalue weighted by Crippen LogP contribution is -2.49. The van der Waals surface area contributed by atoms with E-state index in [0.29, 0.717) is 13.1 Å². The van der Waals surface area contributed by atoms with Crippen LogP contribution in [0.15, 0.2) is 24.3 Å². The van der Waals surface area contributed by atoms with Crippen LogP contribution < -0.4 is 0 Å². The number of amides is 1. The number of likely N-dealkylation sites (N-methyl/N-ethyl adjacent to an activating group) is 2. The zero-order valence-corrected chi connectivity index (χ0v) is 16.1. The molecule has 1 amide bonds. The molecule has 1 aromatic rings. The molecule has 0 aliphatic carbocycles. The van der Waals surface area contributed by atoms with Crippen LogP contribution in [-0.2, 0) is 11.2 Å². The van der Waals surface area contributed by atoms with Crippen molar-refractivity contribution in [2.75, 3.05) is 53.4 Å². The lowest BCUT2D eigenvalue weighted by Gasteiger charge is -2.34. The standard InChI is InChI=1S/C20H33N3O2/c1-5-17-6-8-18(9-7-17)16(2)20(25)22(4)14-19(24)15-23-12-10-21(3)11-13-23/h6-9,16,19,24H,5,10-15H2,1-4H3. The molecule has 25 heavy (non-hydrogen) atoms. The van der Waals surface area contributed by atoms with Gasteiger partial charge in [0.1, 0.15) is 0 Å². The van der Waals surface area contributed by atoms with Crippen molar-refractivity contribution in [2.24, 2.45) is 0 Å². The van der Waals surface area contributed by atoms with Crippen molar-refractivity contribution < 1.29 is 9.90 Å². The first kappa shape index (κ1) is 19.9. The van der Waals surface area contributed by atoms with E-state index in [0.717, 1.165) is 38.2 Å². The fraction of sp³-hybridized carbons (Fsp3) is 0.650. The minimum absolute atomic E-state index is 0.0571. The summed E-state index contributed by atoms with van der Waals surface area (Å²) in [6.07, 6.45) is 0.494. The van der Waals surface area contributed by atoms with Crippen LogP contribution in [0.2, 0.25) is 0 Å². The third-order valence-electron chi connectivity index (χ3n) is 5.18. The molecule has 0 radical (unpaired) electrons. The van der Waals surface area contributed by atoms with Crippen molar-refractivity contribution in [1.82, 2.24) is 14.7 Å². The third kappa shape index (κ3) is 5.80. The van der Waals surface area contributed by atoms with E-state index < -0.39 is 6.10 Å². The number of hydrogen-bond acceptors (Lipinski definition) is 4. The Balaban J connectivity index is 1.83. The number of rotatable bonds is 7. The minimum Gasteiger partial charge on any atom is -0.390 e. The van der Waals surface area contributed by atoms with Crippen molar-refractivity contribution in [2.45, 2.75) is 32.3 Å². The summed E-state index contributed by atoms with van der Waals surface area (Å²) in [7, 11) is 3.90. The maximum Gasteiger partial charge on any atom is 0.229 e.